The number of rotatable bonds is 2. The van der Waals surface area contributed by atoms with Crippen LogP contribution in [0.5, 0.6) is 0 Å². The third kappa shape index (κ3) is 1.46. The van der Waals surface area contributed by atoms with Crippen LogP contribution in [0.2, 0.25) is 0 Å². The van der Waals surface area contributed by atoms with E-state index in [4.69, 9.17) is 11.5 Å². The normalized spacial score (nSPS) is 10.7. The van der Waals surface area contributed by atoms with Gasteiger partial charge in [-0.15, -0.1) is 0 Å². The molecule has 0 atom stereocenters. The minimum Gasteiger partial charge on any atom is -0.326 e. The standard InChI is InChI=1S/C8H8F4N2/c9-5-3(1-13)6(10)8(12)7(11)4(5)2-14/h1-2,13-14H2. The third-order valence-corrected chi connectivity index (χ3v) is 1.85. The smallest absolute Gasteiger partial charge is 0.195 e. The molecule has 0 unspecified atom stereocenters. The molecule has 78 valence electrons. The minimum absolute atomic E-state index is 0.554. The largest absolute Gasteiger partial charge is 0.326 e. The van der Waals surface area contributed by atoms with Crippen LogP contribution in [0.15, 0.2) is 0 Å². The molecule has 1 rings (SSSR count). The molecule has 0 saturated heterocycles. The van der Waals surface area contributed by atoms with Crippen molar-refractivity contribution >= 4 is 0 Å². The van der Waals surface area contributed by atoms with E-state index < -0.39 is 47.5 Å². The summed E-state index contributed by atoms with van der Waals surface area (Å²) in [6.07, 6.45) is 0. The van der Waals surface area contributed by atoms with Gasteiger partial charge in [-0.05, 0) is 0 Å². The number of hydrogen-bond donors (Lipinski definition) is 2. The molecule has 6 heteroatoms. The van der Waals surface area contributed by atoms with Gasteiger partial charge < -0.3 is 11.5 Å². The lowest BCUT2D eigenvalue weighted by Gasteiger charge is -2.09. The Hall–Kier alpha value is -1.14. The van der Waals surface area contributed by atoms with Crippen LogP contribution in [0.25, 0.3) is 0 Å². The Balaban J connectivity index is 3.56. The van der Waals surface area contributed by atoms with Gasteiger partial charge in [0.05, 0.1) is 0 Å². The third-order valence-electron chi connectivity index (χ3n) is 1.85. The number of benzene rings is 1. The first-order valence-electron chi connectivity index (χ1n) is 3.78. The summed E-state index contributed by atoms with van der Waals surface area (Å²) < 4.78 is 51.7. The molecule has 0 bridgehead atoms. The first-order chi connectivity index (χ1) is 6.54. The van der Waals surface area contributed by atoms with E-state index >= 15 is 0 Å². The Morgan fingerprint density at radius 2 is 1.00 bits per heavy atom. The SMILES string of the molecule is NCc1c(F)c(F)c(F)c(CN)c1F. The zero-order valence-electron chi connectivity index (χ0n) is 7.08. The summed E-state index contributed by atoms with van der Waals surface area (Å²) in [5.41, 5.74) is 8.59. The zero-order valence-corrected chi connectivity index (χ0v) is 7.08. The van der Waals surface area contributed by atoms with Crippen LogP contribution in [0.3, 0.4) is 0 Å². The molecule has 0 aliphatic carbocycles. The number of nitrogens with two attached hydrogens (primary N) is 2. The highest BCUT2D eigenvalue weighted by atomic mass is 19.2. The molecule has 0 saturated carbocycles. The van der Waals surface area contributed by atoms with E-state index in [0.717, 1.165) is 0 Å². The molecule has 0 heterocycles. The maximum absolute atomic E-state index is 13.2. The van der Waals surface area contributed by atoms with Gasteiger partial charge in [-0.2, -0.15) is 0 Å². The Morgan fingerprint density at radius 1 is 0.643 bits per heavy atom. The summed E-state index contributed by atoms with van der Waals surface area (Å²) in [6.45, 7) is -1.11. The van der Waals surface area contributed by atoms with Crippen LogP contribution >= 0.6 is 0 Å². The first kappa shape index (κ1) is 10.9. The molecular weight excluding hydrogens is 200 g/mol. The van der Waals surface area contributed by atoms with Crippen molar-refractivity contribution in [2.75, 3.05) is 0 Å². The van der Waals surface area contributed by atoms with Crippen molar-refractivity contribution in [2.45, 2.75) is 13.1 Å². The molecule has 1 aromatic rings. The van der Waals surface area contributed by atoms with Crippen molar-refractivity contribution in [3.05, 3.63) is 34.4 Å². The fourth-order valence-electron chi connectivity index (χ4n) is 1.09. The van der Waals surface area contributed by atoms with Crippen molar-refractivity contribution in [1.29, 1.82) is 0 Å². The summed E-state index contributed by atoms with van der Waals surface area (Å²) in [5.74, 6) is -6.15. The van der Waals surface area contributed by atoms with Crippen LogP contribution < -0.4 is 11.5 Å². The van der Waals surface area contributed by atoms with E-state index in [0.29, 0.717) is 0 Å². The maximum atomic E-state index is 13.2. The highest BCUT2D eigenvalue weighted by Gasteiger charge is 2.23. The van der Waals surface area contributed by atoms with E-state index in [9.17, 15) is 17.6 Å². The van der Waals surface area contributed by atoms with E-state index in [-0.39, 0.29) is 0 Å². The first-order valence-corrected chi connectivity index (χ1v) is 3.78. The van der Waals surface area contributed by atoms with Gasteiger partial charge >= 0.3 is 0 Å². The van der Waals surface area contributed by atoms with Gasteiger partial charge in [0.2, 0.25) is 0 Å². The molecule has 0 radical (unpaired) electrons. The Bertz CT molecular complexity index is 334. The molecule has 0 aliphatic heterocycles. The second-order valence-corrected chi connectivity index (χ2v) is 2.62. The fraction of sp³-hybridized carbons (Fsp3) is 0.250. The van der Waals surface area contributed by atoms with Crippen LogP contribution in [-0.4, -0.2) is 0 Å². The van der Waals surface area contributed by atoms with Crippen LogP contribution in [0, 0.1) is 23.3 Å². The van der Waals surface area contributed by atoms with Gasteiger partial charge in [-0.1, -0.05) is 0 Å². The summed E-state index contributed by atoms with van der Waals surface area (Å²) in [7, 11) is 0. The highest BCUT2D eigenvalue weighted by Crippen LogP contribution is 2.23. The van der Waals surface area contributed by atoms with Gasteiger partial charge in [0, 0.05) is 24.2 Å². The predicted octanol–water partition coefficient (Wildman–Crippen LogP) is 1.16. The van der Waals surface area contributed by atoms with Crippen LogP contribution in [-0.2, 0) is 13.1 Å². The van der Waals surface area contributed by atoms with Gasteiger partial charge in [0.1, 0.15) is 5.82 Å². The topological polar surface area (TPSA) is 52.0 Å². The molecule has 14 heavy (non-hydrogen) atoms. The molecular formula is C8H8F4N2. The van der Waals surface area contributed by atoms with E-state index in [2.05, 4.69) is 0 Å². The summed E-state index contributed by atoms with van der Waals surface area (Å²) >= 11 is 0. The number of hydrogen-bond acceptors (Lipinski definition) is 2. The van der Waals surface area contributed by atoms with Crippen LogP contribution in [0.1, 0.15) is 11.1 Å². The molecule has 4 N–H and O–H groups in total. The Labute approximate surface area is 77.5 Å². The Morgan fingerprint density at radius 3 is 1.29 bits per heavy atom. The second-order valence-electron chi connectivity index (χ2n) is 2.62. The minimum atomic E-state index is -1.74. The predicted molar refractivity (Wildman–Crippen MR) is 42.1 cm³/mol. The maximum Gasteiger partial charge on any atom is 0.195 e. The molecule has 1 aromatic carbocycles. The van der Waals surface area contributed by atoms with E-state index in [1.54, 1.807) is 0 Å². The highest BCUT2D eigenvalue weighted by molar-refractivity contribution is 5.30. The van der Waals surface area contributed by atoms with Crippen molar-refractivity contribution < 1.29 is 17.6 Å². The average Bonchev–Trinajstić information content (AvgIpc) is 2.16. The molecule has 2 nitrogen and oxygen atoms in total. The summed E-state index contributed by atoms with van der Waals surface area (Å²) in [4.78, 5) is 0. The lowest BCUT2D eigenvalue weighted by Crippen LogP contribution is -2.14. The fourth-order valence-corrected chi connectivity index (χ4v) is 1.09. The monoisotopic (exact) mass is 208 g/mol. The number of halogens is 4. The van der Waals surface area contributed by atoms with Crippen molar-refractivity contribution in [3.63, 3.8) is 0 Å². The molecule has 0 amide bonds. The second kappa shape index (κ2) is 3.93. The van der Waals surface area contributed by atoms with Crippen molar-refractivity contribution in [2.24, 2.45) is 11.5 Å². The van der Waals surface area contributed by atoms with E-state index in [1.807, 2.05) is 0 Å². The Kier molecular flexibility index (Phi) is 3.07. The lowest BCUT2D eigenvalue weighted by atomic mass is 10.1. The molecule has 0 aromatic heterocycles. The summed E-state index contributed by atoms with van der Waals surface area (Å²) in [5, 5.41) is 0. The van der Waals surface area contributed by atoms with Gasteiger partial charge in [-0.25, -0.2) is 17.6 Å². The van der Waals surface area contributed by atoms with Crippen molar-refractivity contribution in [1.82, 2.24) is 0 Å². The van der Waals surface area contributed by atoms with Crippen LogP contribution in [0.4, 0.5) is 17.6 Å². The molecule has 0 aliphatic rings. The summed E-state index contributed by atoms with van der Waals surface area (Å²) in [6, 6.07) is 0. The lowest BCUT2D eigenvalue weighted by molar-refractivity contribution is 0.415. The molecule has 0 fully saturated rings. The van der Waals surface area contributed by atoms with Gasteiger partial charge in [0.25, 0.3) is 0 Å². The van der Waals surface area contributed by atoms with E-state index in [1.165, 1.54) is 0 Å². The average molecular weight is 208 g/mol. The van der Waals surface area contributed by atoms with Gasteiger partial charge in [-0.3, -0.25) is 0 Å². The zero-order chi connectivity index (χ0) is 10.9. The molecule has 0 spiro atoms. The van der Waals surface area contributed by atoms with Gasteiger partial charge in [0.15, 0.2) is 17.5 Å². The van der Waals surface area contributed by atoms with Crippen molar-refractivity contribution in [3.8, 4) is 0 Å². The quantitative estimate of drug-likeness (QED) is 0.435.